The third kappa shape index (κ3) is 2.87. The molecule has 5 atom stereocenters. The fourth-order valence-electron chi connectivity index (χ4n) is 7.27. The third-order valence-electron chi connectivity index (χ3n) is 7.45. The number of benzene rings is 1. The van der Waals surface area contributed by atoms with Crippen molar-refractivity contribution in [2.75, 3.05) is 6.54 Å². The highest BCUT2D eigenvalue weighted by Gasteiger charge is 2.64. The Morgan fingerprint density at radius 3 is 2.78 bits per heavy atom. The van der Waals surface area contributed by atoms with Gasteiger partial charge in [0.1, 0.15) is 0 Å². The van der Waals surface area contributed by atoms with Gasteiger partial charge in [0.25, 0.3) is 0 Å². The Morgan fingerprint density at radius 2 is 2.11 bits per heavy atom. The number of carbonyl (C=O) groups excluding carboxylic acids is 1. The standard InChI is InChI=1S/C22H29ClN2O2/c1-20(2)13-25(19(26)24-20)18-16-6-15-9-21(18,12-22(27,10-15)11-16)8-14-4-3-5-17(23)7-14/h3-5,7,15-16,18,27H,6,8-13H2,1-2H3,(H,24,26). The largest absolute Gasteiger partial charge is 0.390 e. The first kappa shape index (κ1) is 17.8. The number of rotatable bonds is 3. The van der Waals surface area contributed by atoms with Gasteiger partial charge in [-0.15, -0.1) is 0 Å². The number of halogens is 1. The van der Waals surface area contributed by atoms with Crippen LogP contribution in [0.5, 0.6) is 0 Å². The van der Waals surface area contributed by atoms with Gasteiger partial charge in [0.05, 0.1) is 11.1 Å². The maximum Gasteiger partial charge on any atom is 0.318 e. The molecule has 1 aromatic carbocycles. The summed E-state index contributed by atoms with van der Waals surface area (Å²) in [6, 6.07) is 8.37. The van der Waals surface area contributed by atoms with Crippen molar-refractivity contribution in [2.24, 2.45) is 17.3 Å². The van der Waals surface area contributed by atoms with Crippen molar-refractivity contribution in [1.29, 1.82) is 0 Å². The minimum atomic E-state index is -0.549. The molecule has 0 spiro atoms. The van der Waals surface area contributed by atoms with Crippen molar-refractivity contribution in [3.8, 4) is 0 Å². The highest BCUT2D eigenvalue weighted by atomic mass is 35.5. The van der Waals surface area contributed by atoms with E-state index >= 15 is 0 Å². The molecule has 6 rings (SSSR count). The summed E-state index contributed by atoms with van der Waals surface area (Å²) >= 11 is 6.26. The molecule has 2 N–H and O–H groups in total. The predicted octanol–water partition coefficient (Wildman–Crippen LogP) is 4.00. The number of amides is 2. The highest BCUT2D eigenvalue weighted by Crippen LogP contribution is 2.64. The fourth-order valence-corrected chi connectivity index (χ4v) is 7.49. The summed E-state index contributed by atoms with van der Waals surface area (Å²) in [5.74, 6) is 0.978. The summed E-state index contributed by atoms with van der Waals surface area (Å²) in [7, 11) is 0. The Bertz CT molecular complexity index is 796. The summed E-state index contributed by atoms with van der Waals surface area (Å²) in [4.78, 5) is 15.0. The zero-order valence-corrected chi connectivity index (χ0v) is 16.9. The number of hydrogen-bond acceptors (Lipinski definition) is 2. The van der Waals surface area contributed by atoms with E-state index in [0.717, 1.165) is 50.1 Å². The summed E-state index contributed by atoms with van der Waals surface area (Å²) < 4.78 is 0. The molecule has 1 aliphatic heterocycles. The van der Waals surface area contributed by atoms with Gasteiger partial charge in [-0.1, -0.05) is 23.7 Å². The minimum absolute atomic E-state index is 0.0543. The van der Waals surface area contributed by atoms with Crippen LogP contribution in [-0.4, -0.2) is 39.8 Å². The monoisotopic (exact) mass is 388 g/mol. The molecular formula is C22H29ClN2O2. The van der Waals surface area contributed by atoms with Crippen LogP contribution in [0.1, 0.15) is 51.5 Å². The third-order valence-corrected chi connectivity index (χ3v) is 7.69. The van der Waals surface area contributed by atoms with E-state index in [1.54, 1.807) is 0 Å². The van der Waals surface area contributed by atoms with Crippen molar-refractivity contribution in [1.82, 2.24) is 10.2 Å². The first-order valence-electron chi connectivity index (χ1n) is 10.2. The van der Waals surface area contributed by atoms with E-state index < -0.39 is 5.60 Å². The lowest BCUT2D eigenvalue weighted by atomic mass is 9.44. The number of carbonyl (C=O) groups is 1. The summed E-state index contributed by atoms with van der Waals surface area (Å²) in [5, 5.41) is 15.2. The van der Waals surface area contributed by atoms with E-state index in [1.807, 2.05) is 12.1 Å². The first-order valence-corrected chi connectivity index (χ1v) is 10.6. The number of aliphatic hydroxyl groups is 1. The van der Waals surface area contributed by atoms with Gasteiger partial charge < -0.3 is 15.3 Å². The Balaban J connectivity index is 1.55. The van der Waals surface area contributed by atoms with Gasteiger partial charge in [-0.3, -0.25) is 0 Å². The molecule has 2 amide bonds. The predicted molar refractivity (Wildman–Crippen MR) is 106 cm³/mol. The van der Waals surface area contributed by atoms with Crippen molar-refractivity contribution in [2.45, 2.75) is 69.6 Å². The quantitative estimate of drug-likeness (QED) is 0.822. The maximum atomic E-state index is 12.9. The van der Waals surface area contributed by atoms with Crippen LogP contribution in [0.3, 0.4) is 0 Å². The van der Waals surface area contributed by atoms with Crippen LogP contribution in [0.15, 0.2) is 24.3 Å². The summed E-state index contributed by atoms with van der Waals surface area (Å²) in [6.07, 6.45) is 5.72. The minimum Gasteiger partial charge on any atom is -0.390 e. The Labute approximate surface area is 166 Å². The molecule has 4 nitrogen and oxygen atoms in total. The normalized spacial score (nSPS) is 41.9. The molecule has 1 heterocycles. The van der Waals surface area contributed by atoms with Gasteiger partial charge in [-0.2, -0.15) is 0 Å². The van der Waals surface area contributed by atoms with Gasteiger partial charge in [-0.05, 0) is 87.3 Å². The average molecular weight is 389 g/mol. The zero-order valence-electron chi connectivity index (χ0n) is 16.2. The van der Waals surface area contributed by atoms with Crippen molar-refractivity contribution < 1.29 is 9.90 Å². The number of hydrogen-bond donors (Lipinski definition) is 2. The van der Waals surface area contributed by atoms with Crippen LogP contribution in [-0.2, 0) is 6.42 Å². The molecule has 5 fully saturated rings. The Kier molecular flexibility index (Phi) is 3.72. The Morgan fingerprint density at radius 1 is 1.30 bits per heavy atom. The second kappa shape index (κ2) is 5.64. The topological polar surface area (TPSA) is 52.6 Å². The molecule has 0 radical (unpaired) electrons. The molecule has 1 aromatic rings. The van der Waals surface area contributed by atoms with Crippen LogP contribution >= 0.6 is 11.6 Å². The number of nitrogens with one attached hydrogen (secondary N) is 1. The van der Waals surface area contributed by atoms with Gasteiger partial charge in [-0.25, -0.2) is 4.79 Å². The van der Waals surface area contributed by atoms with Gasteiger partial charge in [0, 0.05) is 17.6 Å². The number of nitrogens with zero attached hydrogens (tertiary/aromatic N) is 1. The lowest BCUT2D eigenvalue weighted by molar-refractivity contribution is -0.195. The molecular weight excluding hydrogens is 360 g/mol. The van der Waals surface area contributed by atoms with Crippen LogP contribution in [0.2, 0.25) is 5.02 Å². The van der Waals surface area contributed by atoms with E-state index in [1.165, 1.54) is 5.56 Å². The molecule has 1 saturated heterocycles. The smallest absolute Gasteiger partial charge is 0.318 e. The van der Waals surface area contributed by atoms with Gasteiger partial charge in [0.2, 0.25) is 0 Å². The van der Waals surface area contributed by atoms with Crippen molar-refractivity contribution in [3.63, 3.8) is 0 Å². The molecule has 5 aliphatic rings. The molecule has 4 aliphatic carbocycles. The maximum absolute atomic E-state index is 12.9. The van der Waals surface area contributed by atoms with E-state index in [2.05, 4.69) is 36.2 Å². The summed E-state index contributed by atoms with van der Waals surface area (Å²) in [5.41, 5.74) is 0.422. The van der Waals surface area contributed by atoms with Gasteiger partial charge >= 0.3 is 6.03 Å². The average Bonchev–Trinajstić information content (AvgIpc) is 2.77. The lowest BCUT2D eigenvalue weighted by Crippen LogP contribution is -2.68. The second-order valence-corrected chi connectivity index (χ2v) is 10.9. The van der Waals surface area contributed by atoms with Crippen molar-refractivity contribution >= 4 is 17.6 Å². The van der Waals surface area contributed by atoms with Crippen LogP contribution in [0.4, 0.5) is 4.79 Å². The Hall–Kier alpha value is -1.26. The van der Waals surface area contributed by atoms with E-state index in [9.17, 15) is 9.90 Å². The van der Waals surface area contributed by atoms with Crippen molar-refractivity contribution in [3.05, 3.63) is 34.9 Å². The molecule has 0 aromatic heterocycles. The zero-order chi connectivity index (χ0) is 19.0. The lowest BCUT2D eigenvalue weighted by Gasteiger charge is -2.65. The molecule has 4 bridgehead atoms. The van der Waals surface area contributed by atoms with Crippen LogP contribution < -0.4 is 5.32 Å². The van der Waals surface area contributed by atoms with E-state index in [4.69, 9.17) is 11.6 Å². The van der Waals surface area contributed by atoms with Crippen LogP contribution in [0, 0.1) is 17.3 Å². The van der Waals surface area contributed by atoms with E-state index in [0.29, 0.717) is 11.8 Å². The SMILES string of the molecule is CC1(C)CN(C2C3CC4CC(O)(C3)CC2(Cc2cccc(Cl)c2)C4)C(=O)N1. The van der Waals surface area contributed by atoms with Gasteiger partial charge in [0.15, 0.2) is 0 Å². The molecule has 5 heteroatoms. The molecule has 27 heavy (non-hydrogen) atoms. The van der Waals surface area contributed by atoms with E-state index in [-0.39, 0.29) is 23.0 Å². The number of urea groups is 1. The highest BCUT2D eigenvalue weighted by molar-refractivity contribution is 6.30. The fraction of sp³-hybridized carbons (Fsp3) is 0.682. The summed E-state index contributed by atoms with van der Waals surface area (Å²) in [6.45, 7) is 4.93. The molecule has 4 saturated carbocycles. The van der Waals surface area contributed by atoms with Crippen LogP contribution in [0.25, 0.3) is 0 Å². The first-order chi connectivity index (χ1) is 12.7. The molecule has 146 valence electrons. The second-order valence-electron chi connectivity index (χ2n) is 10.4. The molecule has 5 unspecified atom stereocenters.